The molecule has 5 nitrogen and oxygen atoms in total. The second kappa shape index (κ2) is 7.72. The standard InChI is InChI=1S/C17H25N3O2/c21-17(16-6-3-7-18-16)19-12-14-4-1-2-5-15(14)13-20-8-10-22-11-9-20/h1-2,4-5,16,18H,3,6-13H2,(H,19,21). The SMILES string of the molecule is O=C(NCc1ccccc1CN1CCOCC1)C1CCCN1. The number of benzene rings is 1. The van der Waals surface area contributed by atoms with Crippen molar-refractivity contribution in [3.63, 3.8) is 0 Å². The highest BCUT2D eigenvalue weighted by atomic mass is 16.5. The fraction of sp³-hybridized carbons (Fsp3) is 0.588. The summed E-state index contributed by atoms with van der Waals surface area (Å²) in [6, 6.07) is 8.37. The van der Waals surface area contributed by atoms with E-state index in [0.717, 1.165) is 52.2 Å². The van der Waals surface area contributed by atoms with Crippen molar-refractivity contribution in [3.8, 4) is 0 Å². The highest BCUT2D eigenvalue weighted by Crippen LogP contribution is 2.13. The molecule has 1 aromatic rings. The van der Waals surface area contributed by atoms with Crippen molar-refractivity contribution in [1.29, 1.82) is 0 Å². The minimum absolute atomic E-state index is 0.00796. The van der Waals surface area contributed by atoms with Gasteiger partial charge in [0.1, 0.15) is 0 Å². The van der Waals surface area contributed by atoms with Crippen LogP contribution in [0.1, 0.15) is 24.0 Å². The first-order valence-corrected chi connectivity index (χ1v) is 8.21. The lowest BCUT2D eigenvalue weighted by atomic mass is 10.1. The molecule has 0 aromatic heterocycles. The molecular weight excluding hydrogens is 278 g/mol. The number of morpholine rings is 1. The Bertz CT molecular complexity index is 494. The van der Waals surface area contributed by atoms with Crippen LogP contribution in [0.2, 0.25) is 0 Å². The predicted octanol–water partition coefficient (Wildman–Crippen LogP) is 0.887. The molecule has 1 aromatic carbocycles. The van der Waals surface area contributed by atoms with Crippen LogP contribution >= 0.6 is 0 Å². The van der Waals surface area contributed by atoms with Gasteiger partial charge in [-0.1, -0.05) is 24.3 Å². The second-order valence-corrected chi connectivity index (χ2v) is 6.02. The second-order valence-electron chi connectivity index (χ2n) is 6.02. The van der Waals surface area contributed by atoms with E-state index in [1.807, 2.05) is 6.07 Å². The van der Waals surface area contributed by atoms with Crippen LogP contribution in [-0.2, 0) is 22.6 Å². The molecule has 120 valence electrons. The van der Waals surface area contributed by atoms with Gasteiger partial charge in [0.05, 0.1) is 19.3 Å². The largest absolute Gasteiger partial charge is 0.379 e. The lowest BCUT2D eigenvalue weighted by molar-refractivity contribution is -0.122. The Kier molecular flexibility index (Phi) is 5.43. The minimum Gasteiger partial charge on any atom is -0.379 e. The van der Waals surface area contributed by atoms with Gasteiger partial charge in [0, 0.05) is 26.2 Å². The average Bonchev–Trinajstić information content (AvgIpc) is 3.09. The minimum atomic E-state index is -0.00796. The molecular formula is C17H25N3O2. The summed E-state index contributed by atoms with van der Waals surface area (Å²) in [5.74, 6) is 0.124. The molecule has 0 spiro atoms. The molecule has 2 N–H and O–H groups in total. The van der Waals surface area contributed by atoms with Crippen LogP contribution in [0.25, 0.3) is 0 Å². The van der Waals surface area contributed by atoms with Gasteiger partial charge in [-0.25, -0.2) is 0 Å². The zero-order valence-electron chi connectivity index (χ0n) is 13.0. The number of carbonyl (C=O) groups is 1. The quantitative estimate of drug-likeness (QED) is 0.848. The molecule has 0 aliphatic carbocycles. The third-order valence-electron chi connectivity index (χ3n) is 4.45. The van der Waals surface area contributed by atoms with Crippen molar-refractivity contribution in [2.45, 2.75) is 32.0 Å². The van der Waals surface area contributed by atoms with Gasteiger partial charge >= 0.3 is 0 Å². The molecule has 2 aliphatic heterocycles. The molecule has 0 radical (unpaired) electrons. The molecule has 3 rings (SSSR count). The first-order chi connectivity index (χ1) is 10.8. The summed E-state index contributed by atoms with van der Waals surface area (Å²) in [5.41, 5.74) is 2.50. The van der Waals surface area contributed by atoms with E-state index in [2.05, 4.69) is 33.7 Å². The maximum absolute atomic E-state index is 12.1. The van der Waals surface area contributed by atoms with Crippen molar-refractivity contribution in [3.05, 3.63) is 35.4 Å². The number of nitrogens with zero attached hydrogens (tertiary/aromatic N) is 1. The van der Waals surface area contributed by atoms with Crippen molar-refractivity contribution < 1.29 is 9.53 Å². The van der Waals surface area contributed by atoms with E-state index in [-0.39, 0.29) is 11.9 Å². The van der Waals surface area contributed by atoms with Crippen molar-refractivity contribution in [2.24, 2.45) is 0 Å². The maximum Gasteiger partial charge on any atom is 0.237 e. The first kappa shape index (κ1) is 15.5. The average molecular weight is 303 g/mol. The van der Waals surface area contributed by atoms with Gasteiger partial charge in [-0.2, -0.15) is 0 Å². The van der Waals surface area contributed by atoms with Crippen LogP contribution in [0.15, 0.2) is 24.3 Å². The summed E-state index contributed by atoms with van der Waals surface area (Å²) in [4.78, 5) is 14.5. The van der Waals surface area contributed by atoms with Crippen molar-refractivity contribution in [1.82, 2.24) is 15.5 Å². The lowest BCUT2D eigenvalue weighted by Gasteiger charge is -2.27. The third-order valence-corrected chi connectivity index (χ3v) is 4.45. The van der Waals surface area contributed by atoms with Gasteiger partial charge < -0.3 is 15.4 Å². The van der Waals surface area contributed by atoms with Crippen LogP contribution in [0.4, 0.5) is 0 Å². The summed E-state index contributed by atoms with van der Waals surface area (Å²) >= 11 is 0. The van der Waals surface area contributed by atoms with E-state index in [0.29, 0.717) is 6.54 Å². The number of hydrogen-bond acceptors (Lipinski definition) is 4. The van der Waals surface area contributed by atoms with E-state index < -0.39 is 0 Å². The van der Waals surface area contributed by atoms with E-state index in [1.165, 1.54) is 11.1 Å². The summed E-state index contributed by atoms with van der Waals surface area (Å²) in [6.45, 7) is 6.07. The molecule has 2 heterocycles. The Morgan fingerprint density at radius 2 is 2.05 bits per heavy atom. The molecule has 1 unspecified atom stereocenters. The highest BCUT2D eigenvalue weighted by Gasteiger charge is 2.21. The number of nitrogens with one attached hydrogen (secondary N) is 2. The Hall–Kier alpha value is -1.43. The number of hydrogen-bond donors (Lipinski definition) is 2. The fourth-order valence-electron chi connectivity index (χ4n) is 3.10. The van der Waals surface area contributed by atoms with Gasteiger partial charge in [0.15, 0.2) is 0 Å². The molecule has 1 atom stereocenters. The van der Waals surface area contributed by atoms with E-state index in [9.17, 15) is 4.79 Å². The fourth-order valence-corrected chi connectivity index (χ4v) is 3.10. The van der Waals surface area contributed by atoms with Gasteiger partial charge in [-0.3, -0.25) is 9.69 Å². The van der Waals surface area contributed by atoms with Crippen LogP contribution < -0.4 is 10.6 Å². The Balaban J connectivity index is 1.57. The Labute approximate surface area is 132 Å². The normalized spacial score (nSPS) is 22.6. The number of rotatable bonds is 5. The molecule has 2 saturated heterocycles. The third kappa shape index (κ3) is 4.06. The maximum atomic E-state index is 12.1. The number of carbonyl (C=O) groups excluding carboxylic acids is 1. The predicted molar refractivity (Wildman–Crippen MR) is 85.4 cm³/mol. The van der Waals surface area contributed by atoms with Gasteiger partial charge in [0.2, 0.25) is 5.91 Å². The molecule has 2 fully saturated rings. The van der Waals surface area contributed by atoms with Crippen molar-refractivity contribution in [2.75, 3.05) is 32.8 Å². The Morgan fingerprint density at radius 1 is 1.27 bits per heavy atom. The number of amides is 1. The molecule has 1 amide bonds. The van der Waals surface area contributed by atoms with E-state index >= 15 is 0 Å². The smallest absolute Gasteiger partial charge is 0.237 e. The van der Waals surface area contributed by atoms with E-state index in [4.69, 9.17) is 4.74 Å². The summed E-state index contributed by atoms with van der Waals surface area (Å²) in [7, 11) is 0. The number of ether oxygens (including phenoxy) is 1. The Morgan fingerprint density at radius 3 is 2.77 bits per heavy atom. The summed E-state index contributed by atoms with van der Waals surface area (Å²) < 4.78 is 5.40. The monoisotopic (exact) mass is 303 g/mol. The molecule has 22 heavy (non-hydrogen) atoms. The van der Waals surface area contributed by atoms with Crippen LogP contribution in [0.5, 0.6) is 0 Å². The molecule has 0 bridgehead atoms. The first-order valence-electron chi connectivity index (χ1n) is 8.21. The zero-order valence-corrected chi connectivity index (χ0v) is 13.0. The van der Waals surface area contributed by atoms with Crippen LogP contribution in [0, 0.1) is 0 Å². The van der Waals surface area contributed by atoms with Gasteiger partial charge in [-0.05, 0) is 30.5 Å². The topological polar surface area (TPSA) is 53.6 Å². The highest BCUT2D eigenvalue weighted by molar-refractivity contribution is 5.82. The zero-order chi connectivity index (χ0) is 15.2. The summed E-state index contributed by atoms with van der Waals surface area (Å²) in [6.07, 6.45) is 2.03. The molecule has 0 saturated carbocycles. The lowest BCUT2D eigenvalue weighted by Crippen LogP contribution is -2.40. The van der Waals surface area contributed by atoms with Gasteiger partial charge in [-0.15, -0.1) is 0 Å². The van der Waals surface area contributed by atoms with Crippen LogP contribution in [-0.4, -0.2) is 49.7 Å². The molecule has 2 aliphatic rings. The van der Waals surface area contributed by atoms with Crippen molar-refractivity contribution >= 4 is 5.91 Å². The molecule has 5 heteroatoms. The van der Waals surface area contributed by atoms with Gasteiger partial charge in [0.25, 0.3) is 0 Å². The van der Waals surface area contributed by atoms with E-state index in [1.54, 1.807) is 0 Å². The van der Waals surface area contributed by atoms with Crippen LogP contribution in [0.3, 0.4) is 0 Å². The summed E-state index contributed by atoms with van der Waals surface area (Å²) in [5, 5.41) is 6.31.